The number of ether oxygens (including phenoxy) is 1. The molecule has 2 amide bonds. The normalized spacial score (nSPS) is 14.9. The van der Waals surface area contributed by atoms with Gasteiger partial charge in [0, 0.05) is 12.6 Å². The molecular weight excluding hydrogens is 376 g/mol. The SMILES string of the molecule is CCc1ccc(OCC(=O)N(Cc2ccccc2)[C@H](C)C(=O)NC2CCCC2)cc1. The molecular formula is C25H32N2O3. The molecule has 0 aromatic heterocycles. The van der Waals surface area contributed by atoms with Crippen molar-refractivity contribution in [2.45, 2.75) is 64.6 Å². The number of carbonyl (C=O) groups is 2. The average molecular weight is 409 g/mol. The summed E-state index contributed by atoms with van der Waals surface area (Å²) in [4.78, 5) is 27.5. The Morgan fingerprint density at radius 2 is 1.70 bits per heavy atom. The number of hydrogen-bond donors (Lipinski definition) is 1. The second kappa shape index (κ2) is 10.8. The van der Waals surface area contributed by atoms with Crippen molar-refractivity contribution in [3.63, 3.8) is 0 Å². The van der Waals surface area contributed by atoms with E-state index in [9.17, 15) is 9.59 Å². The summed E-state index contributed by atoms with van der Waals surface area (Å²) in [5.74, 6) is 0.356. The van der Waals surface area contributed by atoms with E-state index in [2.05, 4.69) is 12.2 Å². The summed E-state index contributed by atoms with van der Waals surface area (Å²) < 4.78 is 5.73. The lowest BCUT2D eigenvalue weighted by molar-refractivity contribution is -0.142. The fraction of sp³-hybridized carbons (Fsp3) is 0.440. The van der Waals surface area contributed by atoms with E-state index in [0.29, 0.717) is 12.3 Å². The minimum absolute atomic E-state index is 0.0979. The van der Waals surface area contributed by atoms with Gasteiger partial charge in [-0.1, -0.05) is 62.2 Å². The lowest BCUT2D eigenvalue weighted by Gasteiger charge is -2.29. The first-order valence-electron chi connectivity index (χ1n) is 10.9. The second-order valence-electron chi connectivity index (χ2n) is 7.96. The first kappa shape index (κ1) is 21.9. The number of carbonyl (C=O) groups excluding carboxylic acids is 2. The Labute approximate surface area is 179 Å². The van der Waals surface area contributed by atoms with Crippen LogP contribution in [0.2, 0.25) is 0 Å². The maximum Gasteiger partial charge on any atom is 0.261 e. The Morgan fingerprint density at radius 1 is 1.03 bits per heavy atom. The molecule has 1 atom stereocenters. The topological polar surface area (TPSA) is 58.6 Å². The van der Waals surface area contributed by atoms with Crippen molar-refractivity contribution in [1.82, 2.24) is 10.2 Å². The molecule has 30 heavy (non-hydrogen) atoms. The highest BCUT2D eigenvalue weighted by atomic mass is 16.5. The van der Waals surface area contributed by atoms with E-state index in [1.165, 1.54) is 5.56 Å². The number of nitrogens with zero attached hydrogens (tertiary/aromatic N) is 1. The molecule has 0 heterocycles. The molecule has 0 spiro atoms. The molecule has 3 rings (SSSR count). The van der Waals surface area contributed by atoms with Crippen LogP contribution in [0.5, 0.6) is 5.75 Å². The third-order valence-electron chi connectivity index (χ3n) is 5.76. The fourth-order valence-corrected chi connectivity index (χ4v) is 3.80. The van der Waals surface area contributed by atoms with Gasteiger partial charge in [0.05, 0.1) is 0 Å². The van der Waals surface area contributed by atoms with Crippen LogP contribution >= 0.6 is 0 Å². The van der Waals surface area contributed by atoms with Crippen LogP contribution in [-0.4, -0.2) is 35.4 Å². The standard InChI is InChI=1S/C25H32N2O3/c1-3-20-13-15-23(16-14-20)30-18-24(28)27(17-21-9-5-4-6-10-21)19(2)25(29)26-22-11-7-8-12-22/h4-6,9-10,13-16,19,22H,3,7-8,11-12,17-18H2,1-2H3,(H,26,29)/t19-/m1/s1. The van der Waals surface area contributed by atoms with E-state index in [1.54, 1.807) is 11.8 Å². The van der Waals surface area contributed by atoms with Crippen LogP contribution in [0.4, 0.5) is 0 Å². The fourth-order valence-electron chi connectivity index (χ4n) is 3.80. The quantitative estimate of drug-likeness (QED) is 0.679. The Balaban J connectivity index is 1.66. The zero-order chi connectivity index (χ0) is 21.3. The first-order valence-corrected chi connectivity index (χ1v) is 10.9. The Bertz CT molecular complexity index is 814. The van der Waals surface area contributed by atoms with E-state index in [0.717, 1.165) is 37.7 Å². The van der Waals surface area contributed by atoms with Crippen molar-refractivity contribution in [3.05, 3.63) is 65.7 Å². The second-order valence-corrected chi connectivity index (χ2v) is 7.96. The highest BCUT2D eigenvalue weighted by molar-refractivity contribution is 5.88. The van der Waals surface area contributed by atoms with E-state index in [4.69, 9.17) is 4.74 Å². The molecule has 1 aliphatic rings. The molecule has 160 valence electrons. The lowest BCUT2D eigenvalue weighted by atomic mass is 10.1. The molecule has 0 saturated heterocycles. The maximum atomic E-state index is 13.0. The van der Waals surface area contributed by atoms with Crippen LogP contribution < -0.4 is 10.1 Å². The molecule has 0 unspecified atom stereocenters. The van der Waals surface area contributed by atoms with E-state index >= 15 is 0 Å². The van der Waals surface area contributed by atoms with E-state index in [1.807, 2.05) is 54.6 Å². The van der Waals surface area contributed by atoms with Gasteiger partial charge in [-0.15, -0.1) is 0 Å². The van der Waals surface area contributed by atoms with Crippen molar-refractivity contribution in [1.29, 1.82) is 0 Å². The predicted molar refractivity (Wildman–Crippen MR) is 118 cm³/mol. The van der Waals surface area contributed by atoms with Crippen LogP contribution in [0.15, 0.2) is 54.6 Å². The summed E-state index contributed by atoms with van der Waals surface area (Å²) in [5, 5.41) is 3.11. The molecule has 2 aromatic rings. The molecule has 1 fully saturated rings. The smallest absolute Gasteiger partial charge is 0.261 e. The number of nitrogens with one attached hydrogen (secondary N) is 1. The summed E-state index contributed by atoms with van der Waals surface area (Å²) >= 11 is 0. The van der Waals surface area contributed by atoms with E-state index in [-0.39, 0.29) is 24.5 Å². The molecule has 0 radical (unpaired) electrons. The molecule has 0 bridgehead atoms. The zero-order valence-electron chi connectivity index (χ0n) is 18.0. The van der Waals surface area contributed by atoms with Gasteiger partial charge in [-0.25, -0.2) is 0 Å². The molecule has 1 saturated carbocycles. The van der Waals surface area contributed by atoms with Crippen molar-refractivity contribution in [2.75, 3.05) is 6.61 Å². The van der Waals surface area contributed by atoms with Gasteiger partial charge in [0.2, 0.25) is 5.91 Å². The third-order valence-corrected chi connectivity index (χ3v) is 5.76. The molecule has 0 aliphatic heterocycles. The summed E-state index contributed by atoms with van der Waals surface area (Å²) in [6, 6.07) is 17.2. The largest absolute Gasteiger partial charge is 0.484 e. The van der Waals surface area contributed by atoms with Gasteiger partial charge in [0.25, 0.3) is 5.91 Å². The predicted octanol–water partition coefficient (Wildman–Crippen LogP) is 4.10. The number of aryl methyl sites for hydroxylation is 1. The van der Waals surface area contributed by atoms with Crippen molar-refractivity contribution in [2.24, 2.45) is 0 Å². The number of amides is 2. The summed E-state index contributed by atoms with van der Waals surface area (Å²) in [5.41, 5.74) is 2.20. The molecule has 1 aliphatic carbocycles. The Morgan fingerprint density at radius 3 is 2.33 bits per heavy atom. The molecule has 2 aromatic carbocycles. The first-order chi connectivity index (χ1) is 14.6. The Hall–Kier alpha value is -2.82. The minimum atomic E-state index is -0.565. The average Bonchev–Trinajstić information content (AvgIpc) is 3.29. The van der Waals surface area contributed by atoms with Crippen LogP contribution in [-0.2, 0) is 22.6 Å². The number of hydrogen-bond acceptors (Lipinski definition) is 3. The zero-order valence-corrected chi connectivity index (χ0v) is 18.0. The third kappa shape index (κ3) is 6.09. The van der Waals surface area contributed by atoms with Crippen molar-refractivity contribution >= 4 is 11.8 Å². The van der Waals surface area contributed by atoms with Gasteiger partial charge in [-0.2, -0.15) is 0 Å². The van der Waals surface area contributed by atoms with Gasteiger partial charge < -0.3 is 15.0 Å². The molecule has 1 N–H and O–H groups in total. The summed E-state index contributed by atoms with van der Waals surface area (Å²) in [6.07, 6.45) is 5.29. The van der Waals surface area contributed by atoms with Crippen molar-refractivity contribution < 1.29 is 14.3 Å². The number of benzene rings is 2. The van der Waals surface area contributed by atoms with Gasteiger partial charge in [-0.3, -0.25) is 9.59 Å². The number of rotatable bonds is 9. The minimum Gasteiger partial charge on any atom is -0.484 e. The molecule has 5 nitrogen and oxygen atoms in total. The summed E-state index contributed by atoms with van der Waals surface area (Å²) in [6.45, 7) is 4.16. The summed E-state index contributed by atoms with van der Waals surface area (Å²) in [7, 11) is 0. The van der Waals surface area contributed by atoms with E-state index < -0.39 is 6.04 Å². The van der Waals surface area contributed by atoms with Crippen LogP contribution in [0.25, 0.3) is 0 Å². The van der Waals surface area contributed by atoms with Crippen LogP contribution in [0.1, 0.15) is 50.7 Å². The van der Waals surface area contributed by atoms with Gasteiger partial charge in [0.15, 0.2) is 6.61 Å². The highest BCUT2D eigenvalue weighted by Crippen LogP contribution is 2.19. The van der Waals surface area contributed by atoms with Crippen LogP contribution in [0, 0.1) is 0 Å². The van der Waals surface area contributed by atoms with Gasteiger partial charge in [0.1, 0.15) is 11.8 Å². The maximum absolute atomic E-state index is 13.0. The van der Waals surface area contributed by atoms with Crippen LogP contribution in [0.3, 0.4) is 0 Å². The lowest BCUT2D eigenvalue weighted by Crippen LogP contribution is -2.50. The van der Waals surface area contributed by atoms with Gasteiger partial charge in [-0.05, 0) is 49.4 Å². The molecule has 5 heteroatoms. The highest BCUT2D eigenvalue weighted by Gasteiger charge is 2.28. The van der Waals surface area contributed by atoms with Gasteiger partial charge >= 0.3 is 0 Å². The Kier molecular flexibility index (Phi) is 7.89. The van der Waals surface area contributed by atoms with Crippen molar-refractivity contribution in [3.8, 4) is 5.75 Å². The monoisotopic (exact) mass is 408 g/mol.